The molecule has 1 aliphatic rings. The molecule has 1 saturated carbocycles. The van der Waals surface area contributed by atoms with E-state index in [1.54, 1.807) is 23.6 Å². The number of fused-ring (bicyclic) bond motifs is 1. The number of carbonyl (C=O) groups is 2. The van der Waals surface area contributed by atoms with Crippen molar-refractivity contribution in [1.82, 2.24) is 29.9 Å². The van der Waals surface area contributed by atoms with E-state index >= 15 is 0 Å². The summed E-state index contributed by atoms with van der Waals surface area (Å²) in [6, 6.07) is 5.69. The van der Waals surface area contributed by atoms with Crippen LogP contribution in [0.2, 0.25) is 0 Å². The number of aromatic amines is 1. The summed E-state index contributed by atoms with van der Waals surface area (Å²) in [6.45, 7) is 5.75. The Hall–Kier alpha value is -3.53. The number of aryl methyl sites for hydroxylation is 1. The topological polar surface area (TPSA) is 108 Å². The molecule has 0 unspecified atom stereocenters. The average molecular weight is 464 g/mol. The summed E-state index contributed by atoms with van der Waals surface area (Å²) < 4.78 is 1.92. The first kappa shape index (κ1) is 21.3. The number of carbonyl (C=O) groups excluding carboxylic acids is 2. The van der Waals surface area contributed by atoms with Crippen LogP contribution in [-0.2, 0) is 4.79 Å². The molecule has 1 atom stereocenters. The molecule has 170 valence electrons. The normalized spacial score (nSPS) is 14.4. The van der Waals surface area contributed by atoms with E-state index in [1.807, 2.05) is 29.3 Å². The Bertz CT molecular complexity index is 1320. The standard InChI is InChI=1S/C23H25N7O2S/c1-4-20(31)30(16-6-7-16)17-9-15(23(32)27-14(3)21-25-12-26-28-21)11-29-18(10-24-22(17)29)19-8-5-13(2)33-19/h5,8-12,14,16H,4,6-7H2,1-3H3,(H,27,32)(H,25,26,28)/t14-/m0/s1. The number of anilines is 1. The molecule has 0 radical (unpaired) electrons. The van der Waals surface area contributed by atoms with Gasteiger partial charge < -0.3 is 15.2 Å². The molecule has 0 aromatic carbocycles. The summed E-state index contributed by atoms with van der Waals surface area (Å²) in [6.07, 6.45) is 7.37. The smallest absolute Gasteiger partial charge is 0.253 e. The molecule has 4 heterocycles. The molecular formula is C23H25N7O2S. The Kier molecular flexibility index (Phi) is 5.45. The van der Waals surface area contributed by atoms with E-state index in [-0.39, 0.29) is 23.9 Å². The van der Waals surface area contributed by atoms with Crippen molar-refractivity contribution in [2.24, 2.45) is 0 Å². The third-order valence-corrected chi connectivity index (χ3v) is 6.80. The Morgan fingerprint density at radius 3 is 2.82 bits per heavy atom. The van der Waals surface area contributed by atoms with E-state index in [4.69, 9.17) is 0 Å². The van der Waals surface area contributed by atoms with Crippen LogP contribution in [0.1, 0.15) is 60.2 Å². The second-order valence-corrected chi connectivity index (χ2v) is 9.57. The summed E-state index contributed by atoms with van der Waals surface area (Å²) in [5, 5.41) is 10.7. The van der Waals surface area contributed by atoms with Crippen molar-refractivity contribution in [2.75, 3.05) is 4.90 Å². The van der Waals surface area contributed by atoms with Gasteiger partial charge in [0.2, 0.25) is 5.91 Å². The molecule has 0 bridgehead atoms. The predicted octanol–water partition coefficient (Wildman–Crippen LogP) is 3.89. The number of hydrogen-bond acceptors (Lipinski definition) is 6. The van der Waals surface area contributed by atoms with Crippen LogP contribution in [0.4, 0.5) is 5.69 Å². The molecule has 0 spiro atoms. The van der Waals surface area contributed by atoms with E-state index in [2.05, 4.69) is 44.5 Å². The molecule has 1 aliphatic carbocycles. The summed E-state index contributed by atoms with van der Waals surface area (Å²) in [5.41, 5.74) is 2.68. The van der Waals surface area contributed by atoms with E-state index in [1.165, 1.54) is 11.2 Å². The maximum atomic E-state index is 13.3. The third-order valence-electron chi connectivity index (χ3n) is 5.78. The number of thiophene rings is 1. The van der Waals surface area contributed by atoms with Gasteiger partial charge in [-0.25, -0.2) is 4.98 Å². The van der Waals surface area contributed by atoms with Crippen LogP contribution < -0.4 is 10.2 Å². The van der Waals surface area contributed by atoms with Crippen molar-refractivity contribution in [3.05, 3.63) is 53.2 Å². The monoisotopic (exact) mass is 463 g/mol. The van der Waals surface area contributed by atoms with Gasteiger partial charge in [0, 0.05) is 23.5 Å². The lowest BCUT2D eigenvalue weighted by atomic mass is 10.2. The lowest BCUT2D eigenvalue weighted by Gasteiger charge is -2.23. The number of imidazole rings is 1. The van der Waals surface area contributed by atoms with Crippen LogP contribution in [0.3, 0.4) is 0 Å². The molecule has 5 rings (SSSR count). The molecule has 33 heavy (non-hydrogen) atoms. The van der Waals surface area contributed by atoms with Gasteiger partial charge in [0.05, 0.1) is 34.1 Å². The quantitative estimate of drug-likeness (QED) is 0.432. The van der Waals surface area contributed by atoms with Gasteiger partial charge in [-0.2, -0.15) is 0 Å². The van der Waals surface area contributed by atoms with Gasteiger partial charge in [-0.3, -0.25) is 14.0 Å². The Labute approximate surface area is 194 Å². The number of amides is 2. The van der Waals surface area contributed by atoms with Crippen LogP contribution in [0, 0.1) is 6.92 Å². The van der Waals surface area contributed by atoms with Crippen molar-refractivity contribution >= 4 is 34.5 Å². The van der Waals surface area contributed by atoms with Crippen molar-refractivity contribution < 1.29 is 9.59 Å². The maximum absolute atomic E-state index is 13.3. The molecular weight excluding hydrogens is 438 g/mol. The minimum Gasteiger partial charge on any atom is -0.342 e. The Balaban J connectivity index is 1.62. The summed E-state index contributed by atoms with van der Waals surface area (Å²) in [5.74, 6) is 0.343. The Morgan fingerprint density at radius 1 is 1.36 bits per heavy atom. The van der Waals surface area contributed by atoms with Crippen molar-refractivity contribution in [3.8, 4) is 10.6 Å². The molecule has 1 fully saturated rings. The summed E-state index contributed by atoms with van der Waals surface area (Å²) in [4.78, 5) is 37.8. The van der Waals surface area contributed by atoms with Crippen LogP contribution in [0.5, 0.6) is 0 Å². The molecule has 0 saturated heterocycles. The highest BCUT2D eigenvalue weighted by atomic mass is 32.1. The minimum absolute atomic E-state index is 0.0310. The number of nitrogens with one attached hydrogen (secondary N) is 2. The Morgan fingerprint density at radius 2 is 2.18 bits per heavy atom. The lowest BCUT2D eigenvalue weighted by Crippen LogP contribution is -2.33. The first-order valence-corrected chi connectivity index (χ1v) is 11.8. The maximum Gasteiger partial charge on any atom is 0.253 e. The van der Waals surface area contributed by atoms with Crippen LogP contribution in [-0.4, -0.2) is 42.4 Å². The van der Waals surface area contributed by atoms with Crippen LogP contribution in [0.25, 0.3) is 16.2 Å². The van der Waals surface area contributed by atoms with Gasteiger partial charge >= 0.3 is 0 Å². The van der Waals surface area contributed by atoms with Crippen molar-refractivity contribution in [2.45, 2.75) is 52.1 Å². The van der Waals surface area contributed by atoms with Crippen molar-refractivity contribution in [3.63, 3.8) is 0 Å². The largest absolute Gasteiger partial charge is 0.342 e. The first-order valence-electron chi connectivity index (χ1n) is 11.0. The van der Waals surface area contributed by atoms with E-state index < -0.39 is 0 Å². The van der Waals surface area contributed by atoms with Crippen LogP contribution >= 0.6 is 11.3 Å². The summed E-state index contributed by atoms with van der Waals surface area (Å²) in [7, 11) is 0. The van der Waals surface area contributed by atoms with Crippen LogP contribution in [0.15, 0.2) is 36.9 Å². The SMILES string of the molecule is CCC(=O)N(c1cc(C(=O)N[C@@H](C)c2nnc[nH]2)cn2c(-c3ccc(C)s3)cnc12)C1CC1. The molecule has 0 aliphatic heterocycles. The molecule has 4 aromatic heterocycles. The first-order chi connectivity index (χ1) is 16.0. The molecule has 4 aromatic rings. The fraction of sp³-hybridized carbons (Fsp3) is 0.348. The van der Waals surface area contributed by atoms with E-state index in [0.717, 1.165) is 23.4 Å². The molecule has 2 N–H and O–H groups in total. The predicted molar refractivity (Wildman–Crippen MR) is 126 cm³/mol. The fourth-order valence-corrected chi connectivity index (χ4v) is 4.81. The number of H-pyrrole nitrogens is 1. The average Bonchev–Trinajstić information content (AvgIpc) is 3.20. The van der Waals surface area contributed by atoms with Crippen molar-refractivity contribution in [1.29, 1.82) is 0 Å². The number of hydrogen-bond donors (Lipinski definition) is 2. The molecule has 2 amide bonds. The van der Waals surface area contributed by atoms with Gasteiger partial charge in [0.15, 0.2) is 11.5 Å². The summed E-state index contributed by atoms with van der Waals surface area (Å²) >= 11 is 1.67. The molecule has 9 nitrogen and oxygen atoms in total. The zero-order chi connectivity index (χ0) is 23.1. The second-order valence-electron chi connectivity index (χ2n) is 8.28. The number of rotatable bonds is 7. The van der Waals surface area contributed by atoms with E-state index in [0.29, 0.717) is 29.1 Å². The lowest BCUT2D eigenvalue weighted by molar-refractivity contribution is -0.118. The highest BCUT2D eigenvalue weighted by Gasteiger charge is 2.35. The third kappa shape index (κ3) is 4.02. The number of pyridine rings is 1. The highest BCUT2D eigenvalue weighted by molar-refractivity contribution is 7.15. The minimum atomic E-state index is -0.349. The van der Waals surface area contributed by atoms with Gasteiger partial charge in [-0.05, 0) is 44.9 Å². The van der Waals surface area contributed by atoms with E-state index in [9.17, 15) is 9.59 Å². The van der Waals surface area contributed by atoms with Gasteiger partial charge in [0.25, 0.3) is 5.91 Å². The molecule has 10 heteroatoms. The zero-order valence-electron chi connectivity index (χ0n) is 18.7. The highest BCUT2D eigenvalue weighted by Crippen LogP contribution is 2.37. The fourth-order valence-electron chi connectivity index (χ4n) is 3.94. The van der Waals surface area contributed by atoms with Gasteiger partial charge in [-0.1, -0.05) is 6.92 Å². The second kappa shape index (κ2) is 8.43. The number of aromatic nitrogens is 5. The number of nitrogens with zero attached hydrogens (tertiary/aromatic N) is 5. The zero-order valence-corrected chi connectivity index (χ0v) is 19.5. The van der Waals surface area contributed by atoms with Gasteiger partial charge in [0.1, 0.15) is 6.33 Å². The van der Waals surface area contributed by atoms with Gasteiger partial charge in [-0.15, -0.1) is 21.5 Å².